The average molecular weight is 217 g/mol. The van der Waals surface area contributed by atoms with Crippen molar-refractivity contribution in [1.29, 1.82) is 0 Å². The number of nitrogens with zero attached hydrogens (tertiary/aromatic N) is 2. The fourth-order valence-corrected chi connectivity index (χ4v) is 3.07. The van der Waals surface area contributed by atoms with Crippen LogP contribution in [0.3, 0.4) is 0 Å². The Bertz CT molecular complexity index is 394. The molecule has 0 aliphatic heterocycles. The second-order valence-electron chi connectivity index (χ2n) is 5.15. The fourth-order valence-electron chi connectivity index (χ4n) is 3.07. The van der Waals surface area contributed by atoms with Crippen LogP contribution in [-0.4, -0.2) is 16.3 Å². The maximum absolute atomic E-state index is 4.36. The standard InChI is InChI=1S/C13H19N3/c1-16-5-4-13(15-16)9-14-8-12-7-10-2-3-11(12)6-10/h2-5,10-12,14H,6-9H2,1H3. The van der Waals surface area contributed by atoms with Gasteiger partial charge in [0.25, 0.3) is 0 Å². The SMILES string of the molecule is Cn1ccc(CNCC2CC3C=CC2C3)n1. The lowest BCUT2D eigenvalue weighted by Crippen LogP contribution is -2.25. The van der Waals surface area contributed by atoms with E-state index in [9.17, 15) is 0 Å². The van der Waals surface area contributed by atoms with Gasteiger partial charge in [-0.05, 0) is 43.2 Å². The van der Waals surface area contributed by atoms with Crippen molar-refractivity contribution in [3.8, 4) is 0 Å². The van der Waals surface area contributed by atoms with Gasteiger partial charge in [0.15, 0.2) is 0 Å². The van der Waals surface area contributed by atoms with Crippen molar-refractivity contribution in [2.24, 2.45) is 24.8 Å². The van der Waals surface area contributed by atoms with Crippen LogP contribution in [0, 0.1) is 17.8 Å². The molecule has 2 bridgehead atoms. The summed E-state index contributed by atoms with van der Waals surface area (Å²) in [7, 11) is 1.96. The van der Waals surface area contributed by atoms with Gasteiger partial charge in [-0.15, -0.1) is 0 Å². The molecule has 2 aliphatic rings. The predicted molar refractivity (Wildman–Crippen MR) is 63.8 cm³/mol. The maximum atomic E-state index is 4.36. The van der Waals surface area contributed by atoms with Crippen LogP contribution in [0.15, 0.2) is 24.4 Å². The van der Waals surface area contributed by atoms with Crippen molar-refractivity contribution < 1.29 is 0 Å². The molecule has 1 aromatic heterocycles. The van der Waals surface area contributed by atoms with Crippen LogP contribution in [0.25, 0.3) is 0 Å². The van der Waals surface area contributed by atoms with Gasteiger partial charge in [-0.1, -0.05) is 12.2 Å². The summed E-state index contributed by atoms with van der Waals surface area (Å²) in [6.45, 7) is 2.04. The first-order valence-electron chi connectivity index (χ1n) is 6.19. The third-order valence-corrected chi connectivity index (χ3v) is 3.90. The molecule has 3 rings (SSSR count). The number of hydrogen-bond acceptors (Lipinski definition) is 2. The number of nitrogens with one attached hydrogen (secondary N) is 1. The summed E-state index contributed by atoms with van der Waals surface area (Å²) in [4.78, 5) is 0. The first-order chi connectivity index (χ1) is 7.81. The summed E-state index contributed by atoms with van der Waals surface area (Å²) in [5.41, 5.74) is 1.14. The van der Waals surface area contributed by atoms with E-state index >= 15 is 0 Å². The van der Waals surface area contributed by atoms with Crippen LogP contribution in [-0.2, 0) is 13.6 Å². The highest BCUT2D eigenvalue weighted by Gasteiger charge is 2.34. The Morgan fingerprint density at radius 3 is 3.00 bits per heavy atom. The highest BCUT2D eigenvalue weighted by atomic mass is 15.3. The Kier molecular flexibility index (Phi) is 2.56. The summed E-state index contributed by atoms with van der Waals surface area (Å²) in [6, 6.07) is 2.08. The molecule has 3 heteroatoms. The summed E-state index contributed by atoms with van der Waals surface area (Å²) < 4.78 is 1.86. The number of hydrogen-bond donors (Lipinski definition) is 1. The number of aryl methyl sites for hydroxylation is 1. The molecule has 0 aromatic carbocycles. The van der Waals surface area contributed by atoms with E-state index in [1.54, 1.807) is 0 Å². The third-order valence-electron chi connectivity index (χ3n) is 3.90. The molecular formula is C13H19N3. The lowest BCUT2D eigenvalue weighted by Gasteiger charge is -2.18. The monoisotopic (exact) mass is 217 g/mol. The van der Waals surface area contributed by atoms with Crippen LogP contribution >= 0.6 is 0 Å². The molecule has 1 fully saturated rings. The van der Waals surface area contributed by atoms with Crippen LogP contribution in [0.2, 0.25) is 0 Å². The quantitative estimate of drug-likeness (QED) is 0.778. The van der Waals surface area contributed by atoms with Crippen molar-refractivity contribution in [2.75, 3.05) is 6.54 Å². The molecule has 0 radical (unpaired) electrons. The summed E-state index contributed by atoms with van der Waals surface area (Å²) in [5, 5.41) is 7.90. The smallest absolute Gasteiger partial charge is 0.0762 e. The number of aromatic nitrogens is 2. The van der Waals surface area contributed by atoms with Crippen LogP contribution in [0.5, 0.6) is 0 Å². The molecule has 1 saturated carbocycles. The minimum Gasteiger partial charge on any atom is -0.311 e. The van der Waals surface area contributed by atoms with E-state index in [1.165, 1.54) is 12.8 Å². The Morgan fingerprint density at radius 1 is 1.44 bits per heavy atom. The number of fused-ring (bicyclic) bond motifs is 2. The second kappa shape index (κ2) is 4.06. The summed E-state index contributed by atoms with van der Waals surface area (Å²) >= 11 is 0. The maximum Gasteiger partial charge on any atom is 0.0762 e. The first kappa shape index (κ1) is 10.1. The Morgan fingerprint density at radius 2 is 2.38 bits per heavy atom. The molecule has 1 N–H and O–H groups in total. The van der Waals surface area contributed by atoms with Gasteiger partial charge in [-0.25, -0.2) is 0 Å². The largest absolute Gasteiger partial charge is 0.311 e. The molecule has 16 heavy (non-hydrogen) atoms. The molecule has 3 atom stereocenters. The molecule has 0 spiro atoms. The van der Waals surface area contributed by atoms with Crippen molar-refractivity contribution in [1.82, 2.24) is 15.1 Å². The Balaban J connectivity index is 1.46. The van der Waals surface area contributed by atoms with Crippen LogP contribution in [0.4, 0.5) is 0 Å². The zero-order valence-electron chi connectivity index (χ0n) is 9.76. The van der Waals surface area contributed by atoms with Crippen molar-refractivity contribution in [3.05, 3.63) is 30.1 Å². The molecule has 3 unspecified atom stereocenters. The van der Waals surface area contributed by atoms with Gasteiger partial charge >= 0.3 is 0 Å². The van der Waals surface area contributed by atoms with E-state index in [4.69, 9.17) is 0 Å². The normalized spacial score (nSPS) is 31.4. The second-order valence-corrected chi connectivity index (χ2v) is 5.15. The van der Waals surface area contributed by atoms with E-state index in [0.29, 0.717) is 0 Å². The van der Waals surface area contributed by atoms with E-state index in [0.717, 1.165) is 36.5 Å². The summed E-state index contributed by atoms with van der Waals surface area (Å²) in [5.74, 6) is 2.59. The lowest BCUT2D eigenvalue weighted by atomic mass is 9.94. The third kappa shape index (κ3) is 1.92. The van der Waals surface area contributed by atoms with E-state index in [2.05, 4.69) is 28.6 Å². The van der Waals surface area contributed by atoms with E-state index in [1.807, 2.05) is 17.9 Å². The van der Waals surface area contributed by atoms with Crippen LogP contribution < -0.4 is 5.32 Å². The zero-order chi connectivity index (χ0) is 11.0. The van der Waals surface area contributed by atoms with Crippen molar-refractivity contribution in [3.63, 3.8) is 0 Å². The highest BCUT2D eigenvalue weighted by molar-refractivity contribution is 5.10. The molecule has 2 aliphatic carbocycles. The van der Waals surface area contributed by atoms with E-state index in [-0.39, 0.29) is 0 Å². The molecule has 0 saturated heterocycles. The fraction of sp³-hybridized carbons (Fsp3) is 0.615. The number of allylic oxidation sites excluding steroid dienone is 2. The predicted octanol–water partition coefficient (Wildman–Crippen LogP) is 1.72. The molecule has 0 amide bonds. The highest BCUT2D eigenvalue weighted by Crippen LogP contribution is 2.42. The minimum absolute atomic E-state index is 0.848. The molecule has 86 valence electrons. The van der Waals surface area contributed by atoms with Gasteiger partial charge in [0, 0.05) is 19.8 Å². The van der Waals surface area contributed by atoms with Gasteiger partial charge in [-0.2, -0.15) is 5.10 Å². The van der Waals surface area contributed by atoms with Gasteiger partial charge in [0.2, 0.25) is 0 Å². The Hall–Kier alpha value is -1.09. The van der Waals surface area contributed by atoms with Gasteiger partial charge in [0.05, 0.1) is 5.69 Å². The molecular weight excluding hydrogens is 198 g/mol. The van der Waals surface area contributed by atoms with Gasteiger partial charge in [0.1, 0.15) is 0 Å². The zero-order valence-corrected chi connectivity index (χ0v) is 9.76. The number of rotatable bonds is 4. The van der Waals surface area contributed by atoms with Crippen molar-refractivity contribution in [2.45, 2.75) is 19.4 Å². The van der Waals surface area contributed by atoms with Gasteiger partial charge < -0.3 is 5.32 Å². The minimum atomic E-state index is 0.848. The Labute approximate surface area is 96.5 Å². The molecule has 1 heterocycles. The van der Waals surface area contributed by atoms with Crippen LogP contribution in [0.1, 0.15) is 18.5 Å². The first-order valence-corrected chi connectivity index (χ1v) is 6.19. The van der Waals surface area contributed by atoms with Gasteiger partial charge in [-0.3, -0.25) is 4.68 Å². The van der Waals surface area contributed by atoms with E-state index < -0.39 is 0 Å². The van der Waals surface area contributed by atoms with Crippen molar-refractivity contribution >= 4 is 0 Å². The molecule has 1 aromatic rings. The molecule has 3 nitrogen and oxygen atoms in total. The summed E-state index contributed by atoms with van der Waals surface area (Å²) in [6.07, 6.45) is 9.60. The average Bonchev–Trinajstić information content (AvgIpc) is 2.94. The lowest BCUT2D eigenvalue weighted by molar-refractivity contribution is 0.412. The topological polar surface area (TPSA) is 29.9 Å².